The summed E-state index contributed by atoms with van der Waals surface area (Å²) in [6.07, 6.45) is 8.37. The summed E-state index contributed by atoms with van der Waals surface area (Å²) in [6, 6.07) is 125. The van der Waals surface area contributed by atoms with Gasteiger partial charge in [0.05, 0.1) is 0 Å². The Morgan fingerprint density at radius 1 is 0.265 bits per heavy atom. The first-order valence-corrected chi connectivity index (χ1v) is 45.3. The van der Waals surface area contributed by atoms with E-state index in [1.807, 2.05) is 24.5 Å². The first kappa shape index (κ1) is 92.7. The van der Waals surface area contributed by atoms with Crippen molar-refractivity contribution < 1.29 is 51.6 Å². The number of hydrogen-bond acceptors (Lipinski definition) is 8. The summed E-state index contributed by atoms with van der Waals surface area (Å²) in [5.74, 6) is 4.09. The van der Waals surface area contributed by atoms with Crippen LogP contribution in [0.25, 0.3) is 88.6 Å². The molecule has 19 rings (SSSR count). The Hall–Kier alpha value is -12.6. The van der Waals surface area contributed by atoms with Crippen LogP contribution in [0, 0.1) is 48.4 Å². The van der Waals surface area contributed by atoms with E-state index in [9.17, 15) is 0 Å². The van der Waals surface area contributed by atoms with Gasteiger partial charge >= 0.3 is 0 Å². The van der Waals surface area contributed by atoms with Crippen LogP contribution < -0.4 is 29.1 Å². The number of hydrogen-bond donors (Lipinski definition) is 0. The predicted molar refractivity (Wildman–Crippen MR) is 542 cm³/mol. The van der Waals surface area contributed by atoms with Crippen molar-refractivity contribution in [2.24, 2.45) is 10.8 Å². The Labute approximate surface area is 809 Å². The molecule has 10 nitrogen and oxygen atoms in total. The molecule has 0 saturated carbocycles. The normalized spacial score (nSPS) is 13.4. The summed E-state index contributed by atoms with van der Waals surface area (Å²) in [7, 11) is 0. The molecule has 0 N–H and O–H groups in total. The first-order valence-electron chi connectivity index (χ1n) is 45.3. The van der Waals surface area contributed by atoms with E-state index in [-0.39, 0.29) is 80.0 Å². The van der Waals surface area contributed by atoms with E-state index in [2.05, 4.69) is 508 Å². The minimum Gasteiger partial charge on any atom is -0.509 e. The second-order valence-corrected chi connectivity index (χ2v) is 40.8. The van der Waals surface area contributed by atoms with Gasteiger partial charge in [-0.2, -0.15) is 12.1 Å². The quantitative estimate of drug-likeness (QED) is 0.0836. The van der Waals surface area contributed by atoms with E-state index in [0.717, 1.165) is 112 Å². The number of ether oxygens (including phenoxy) is 2. The Balaban J connectivity index is 0.000000190. The van der Waals surface area contributed by atoms with E-state index in [0.29, 0.717) is 23.0 Å². The van der Waals surface area contributed by atoms with Crippen LogP contribution in [0.15, 0.2) is 346 Å². The molecule has 0 amide bonds. The van der Waals surface area contributed by atoms with Crippen molar-refractivity contribution in [3.8, 4) is 68.0 Å². The van der Waals surface area contributed by atoms with Crippen molar-refractivity contribution in [1.29, 1.82) is 0 Å². The van der Waals surface area contributed by atoms with E-state index in [4.69, 9.17) is 19.4 Å². The molecule has 13 aromatic carbocycles. The molecular formula is C120H114N8O2Pt2-6. The number of aromatic nitrogens is 4. The SMILES string of the molecule is CC(C)(C)C1=CN(c2cc(-c3ccccc3)cc(C(C)(C)c3ccccc3)c2)[CH-]N1c1[c-]c(Oc2[c-]c3c(cc2)c2ccccc2n3-c2cc(C(C)(C)C)ccn2)cc(-c2ccccc2)c1.CC(C)(C)C1=CN(c2cc(C(C)(C)C)cc(C(C)(C)c3ccccc3)c2)[CH-]N1c1[c-]c(Oc2[c-]c3c(cc2)c2ccccc2n3-c2cc(C(C)(C)C)ccn2)cc(-c2ccccc2)c1.[Pt].[Pt]. The minimum absolute atomic E-state index is 0. The van der Waals surface area contributed by atoms with Crippen molar-refractivity contribution in [1.82, 2.24) is 19.1 Å². The summed E-state index contributed by atoms with van der Waals surface area (Å²) in [4.78, 5) is 18.9. The number of rotatable bonds is 17. The standard InChI is InChI=1S/C61H55N4O.C59H59N4O.2Pt/c1-59(2,3)47-30-31-62-58(37-47)65-55-27-19-18-26-53(55)54-29-28-51(39-56(54)65)66-52-35-45(43-22-14-10-15-23-43)34-50(38-52)64-41-63(40-57(64)60(4,5)6)49-33-44(42-20-12-9-13-21-42)32-48(36-49)61(7,8)46-24-16-11-17-25-46;1-56(2,3)43-28-29-60-55(35-43)63-52-25-19-18-24-50(52)51-27-26-48(37-53(51)63)64-49-31-41(40-20-14-12-15-21-40)30-47(36-49)62-39-61(38-54(62)58(7,8)9)46-33-44(57(4,5)6)32-45(34-46)59(10,11)42-22-16-13-17-23-42;;/h9-37,40-41H,1-8H3;12-35,38-39H,1-11H3;;/q2*-3;;. The van der Waals surface area contributed by atoms with Crippen LogP contribution in [0.4, 0.5) is 22.7 Å². The number of nitrogens with zero attached hydrogens (tertiary/aromatic N) is 8. The Morgan fingerprint density at radius 2 is 0.606 bits per heavy atom. The molecular weight excluding hydrogens is 1980 g/mol. The van der Waals surface area contributed by atoms with Gasteiger partial charge in [-0.05, 0) is 161 Å². The molecule has 6 heterocycles. The van der Waals surface area contributed by atoms with Crippen LogP contribution in [0.2, 0.25) is 0 Å². The molecule has 0 aliphatic carbocycles. The number of para-hydroxylation sites is 2. The topological polar surface area (TPSA) is 67.1 Å². The van der Waals surface area contributed by atoms with Crippen LogP contribution in [-0.4, -0.2) is 19.1 Å². The van der Waals surface area contributed by atoms with Crippen LogP contribution >= 0.6 is 0 Å². The van der Waals surface area contributed by atoms with Gasteiger partial charge in [-0.15, -0.1) is 107 Å². The maximum absolute atomic E-state index is 6.89. The van der Waals surface area contributed by atoms with E-state index >= 15 is 0 Å². The van der Waals surface area contributed by atoms with Gasteiger partial charge in [0.15, 0.2) is 0 Å². The summed E-state index contributed by atoms with van der Waals surface area (Å²) in [5, 5.41) is 4.45. The molecule has 12 heteroatoms. The molecule has 4 aromatic heterocycles. The Bertz CT molecular complexity index is 7140. The minimum atomic E-state index is -0.248. The second kappa shape index (κ2) is 36.5. The van der Waals surface area contributed by atoms with Crippen molar-refractivity contribution >= 4 is 66.4 Å². The Morgan fingerprint density at radius 3 is 0.985 bits per heavy atom. The van der Waals surface area contributed by atoms with Crippen molar-refractivity contribution in [2.75, 3.05) is 19.6 Å². The molecule has 17 aromatic rings. The first-order chi connectivity index (χ1) is 62.0. The fraction of sp³-hybridized carbons (Fsp3) is 0.217. The summed E-state index contributed by atoms with van der Waals surface area (Å²) in [6.45, 7) is 47.6. The van der Waals surface area contributed by atoms with Gasteiger partial charge in [-0.3, -0.25) is 0 Å². The van der Waals surface area contributed by atoms with E-state index in [1.54, 1.807) is 0 Å². The van der Waals surface area contributed by atoms with Crippen LogP contribution in [0.1, 0.15) is 170 Å². The maximum Gasteiger partial charge on any atom is 0.135 e. The number of benzene rings is 13. The van der Waals surface area contributed by atoms with Gasteiger partial charge in [0.25, 0.3) is 0 Å². The fourth-order valence-electron chi connectivity index (χ4n) is 17.7. The zero-order valence-electron chi connectivity index (χ0n) is 78.9. The van der Waals surface area contributed by atoms with Gasteiger partial charge < -0.3 is 38.2 Å². The molecule has 0 bridgehead atoms. The Kier molecular flexibility index (Phi) is 25.6. The van der Waals surface area contributed by atoms with Gasteiger partial charge in [0, 0.05) is 133 Å². The molecule has 672 valence electrons. The maximum atomic E-state index is 6.89. The molecule has 0 radical (unpaired) electrons. The second-order valence-electron chi connectivity index (χ2n) is 40.8. The third-order valence-electron chi connectivity index (χ3n) is 25.5. The average Bonchev–Trinajstić information content (AvgIpc) is 1.34. The van der Waals surface area contributed by atoms with Crippen molar-refractivity contribution in [2.45, 2.75) is 159 Å². The fourth-order valence-corrected chi connectivity index (χ4v) is 17.7. The number of anilines is 4. The van der Waals surface area contributed by atoms with Crippen molar-refractivity contribution in [3.05, 3.63) is 422 Å². The molecule has 2 aliphatic rings. The van der Waals surface area contributed by atoms with E-state index < -0.39 is 0 Å². The van der Waals surface area contributed by atoms with Gasteiger partial charge in [0.1, 0.15) is 11.6 Å². The molecule has 0 unspecified atom stereocenters. The van der Waals surface area contributed by atoms with Crippen LogP contribution in [-0.2, 0) is 69.2 Å². The van der Waals surface area contributed by atoms with Gasteiger partial charge in [-0.25, -0.2) is 9.97 Å². The molecule has 0 saturated heterocycles. The number of pyridine rings is 2. The number of fused-ring (bicyclic) bond motifs is 6. The van der Waals surface area contributed by atoms with Gasteiger partial charge in [-0.1, -0.05) is 343 Å². The molecule has 0 atom stereocenters. The zero-order chi connectivity index (χ0) is 91.0. The van der Waals surface area contributed by atoms with Crippen LogP contribution in [0.3, 0.4) is 0 Å². The summed E-state index contributed by atoms with van der Waals surface area (Å²) in [5.41, 5.74) is 24.5. The largest absolute Gasteiger partial charge is 0.509 e. The van der Waals surface area contributed by atoms with Gasteiger partial charge in [0.2, 0.25) is 0 Å². The third-order valence-corrected chi connectivity index (χ3v) is 25.5. The monoisotopic (exact) mass is 2090 g/mol. The summed E-state index contributed by atoms with van der Waals surface area (Å²) >= 11 is 0. The third kappa shape index (κ3) is 19.0. The molecule has 2 aliphatic heterocycles. The van der Waals surface area contributed by atoms with Crippen molar-refractivity contribution in [3.63, 3.8) is 0 Å². The van der Waals surface area contributed by atoms with E-state index in [1.165, 1.54) is 50.1 Å². The summed E-state index contributed by atoms with van der Waals surface area (Å²) < 4.78 is 18.2. The number of allylic oxidation sites excluding steroid dienone is 2. The molecule has 0 spiro atoms. The molecule has 0 fully saturated rings. The predicted octanol–water partition coefficient (Wildman–Crippen LogP) is 31.3. The van der Waals surface area contributed by atoms with Crippen LogP contribution in [0.5, 0.6) is 23.0 Å². The zero-order valence-corrected chi connectivity index (χ0v) is 83.5. The molecule has 132 heavy (non-hydrogen) atoms. The smallest absolute Gasteiger partial charge is 0.135 e. The average molecular weight is 2090 g/mol.